The molecule has 2 rings (SSSR count). The summed E-state index contributed by atoms with van der Waals surface area (Å²) in [6.45, 7) is 0. The Morgan fingerprint density at radius 3 is 2.62 bits per heavy atom. The molecule has 5 heteroatoms. The minimum atomic E-state index is -2.90. The molecule has 16 heavy (non-hydrogen) atoms. The van der Waals surface area contributed by atoms with Crippen LogP contribution >= 0.6 is 0 Å². The molecular formula is C11H17NO3S. The molecule has 0 radical (unpaired) electrons. The number of rotatable bonds is 2. The molecule has 1 aliphatic carbocycles. The van der Waals surface area contributed by atoms with E-state index in [1.807, 2.05) is 6.08 Å². The molecule has 90 valence electrons. The number of hydrogen-bond acceptors (Lipinski definition) is 3. The minimum absolute atomic E-state index is 0.0199. The highest BCUT2D eigenvalue weighted by Crippen LogP contribution is 2.19. The summed E-state index contributed by atoms with van der Waals surface area (Å²) in [5.41, 5.74) is 0. The topological polar surface area (TPSA) is 63.2 Å². The highest BCUT2D eigenvalue weighted by atomic mass is 32.2. The second kappa shape index (κ2) is 4.57. The van der Waals surface area contributed by atoms with Crippen LogP contribution in [-0.4, -0.2) is 31.9 Å². The smallest absolute Gasteiger partial charge is 0.223 e. The van der Waals surface area contributed by atoms with E-state index in [-0.39, 0.29) is 29.4 Å². The number of carbonyl (C=O) groups is 1. The number of sulfone groups is 1. The van der Waals surface area contributed by atoms with Gasteiger partial charge in [0, 0.05) is 12.0 Å². The van der Waals surface area contributed by atoms with Crippen molar-refractivity contribution in [2.75, 3.05) is 11.5 Å². The Morgan fingerprint density at radius 2 is 2.06 bits per heavy atom. The maximum atomic E-state index is 11.8. The highest BCUT2D eigenvalue weighted by Gasteiger charge is 2.30. The summed E-state index contributed by atoms with van der Waals surface area (Å²) in [7, 11) is -2.90. The normalized spacial score (nSPS) is 32.5. The van der Waals surface area contributed by atoms with Crippen LogP contribution < -0.4 is 5.32 Å². The average Bonchev–Trinajstić information content (AvgIpc) is 2.59. The van der Waals surface area contributed by atoms with Gasteiger partial charge in [-0.15, -0.1) is 0 Å². The molecule has 1 N–H and O–H groups in total. The molecular weight excluding hydrogens is 226 g/mol. The molecule has 0 spiro atoms. The Kier molecular flexibility index (Phi) is 3.33. The van der Waals surface area contributed by atoms with E-state index in [4.69, 9.17) is 0 Å². The third-order valence-electron chi connectivity index (χ3n) is 3.22. The van der Waals surface area contributed by atoms with Crippen molar-refractivity contribution in [3.8, 4) is 0 Å². The van der Waals surface area contributed by atoms with Crippen molar-refractivity contribution in [3.63, 3.8) is 0 Å². The molecule has 1 amide bonds. The number of hydrogen-bond donors (Lipinski definition) is 1. The first kappa shape index (κ1) is 11.6. The first-order valence-electron chi connectivity index (χ1n) is 5.72. The third kappa shape index (κ3) is 2.84. The molecule has 0 saturated carbocycles. The maximum Gasteiger partial charge on any atom is 0.223 e. The SMILES string of the molecule is O=C(N[C@@H]1CCS(=O)(=O)C1)[C@@H]1CC=CCC1. The van der Waals surface area contributed by atoms with Crippen LogP contribution in [0.15, 0.2) is 12.2 Å². The monoisotopic (exact) mass is 243 g/mol. The zero-order valence-corrected chi connectivity index (χ0v) is 10.0. The lowest BCUT2D eigenvalue weighted by Gasteiger charge is -2.19. The number of carbonyl (C=O) groups excluding carboxylic acids is 1. The summed E-state index contributed by atoms with van der Waals surface area (Å²) in [6.07, 6.45) is 7.29. The predicted molar refractivity (Wildman–Crippen MR) is 61.7 cm³/mol. The van der Waals surface area contributed by atoms with Crippen molar-refractivity contribution >= 4 is 15.7 Å². The Hall–Kier alpha value is -0.840. The Balaban J connectivity index is 1.86. The van der Waals surface area contributed by atoms with E-state index in [1.54, 1.807) is 0 Å². The number of amides is 1. The molecule has 1 saturated heterocycles. The van der Waals surface area contributed by atoms with Gasteiger partial charge in [0.1, 0.15) is 0 Å². The standard InChI is InChI=1S/C11H17NO3S/c13-11(9-4-2-1-3-5-9)12-10-6-7-16(14,15)8-10/h1-2,9-10H,3-8H2,(H,12,13)/t9-,10-/m1/s1. The molecule has 0 aromatic rings. The fourth-order valence-electron chi connectivity index (χ4n) is 2.26. The van der Waals surface area contributed by atoms with Crippen LogP contribution in [0.5, 0.6) is 0 Å². The molecule has 0 aromatic heterocycles. The van der Waals surface area contributed by atoms with Crippen molar-refractivity contribution in [2.24, 2.45) is 5.92 Å². The van der Waals surface area contributed by atoms with Crippen LogP contribution in [0.25, 0.3) is 0 Å². The lowest BCUT2D eigenvalue weighted by Crippen LogP contribution is -2.39. The molecule has 4 nitrogen and oxygen atoms in total. The van der Waals surface area contributed by atoms with Crippen LogP contribution in [0.3, 0.4) is 0 Å². The Bertz CT molecular complexity index is 399. The molecule has 0 unspecified atom stereocenters. The zero-order chi connectivity index (χ0) is 11.6. The Morgan fingerprint density at radius 1 is 1.25 bits per heavy atom. The van der Waals surface area contributed by atoms with Crippen LogP contribution in [-0.2, 0) is 14.6 Å². The van der Waals surface area contributed by atoms with E-state index in [2.05, 4.69) is 11.4 Å². The molecule has 0 bridgehead atoms. The molecule has 1 heterocycles. The van der Waals surface area contributed by atoms with E-state index in [1.165, 1.54) is 0 Å². The van der Waals surface area contributed by atoms with Gasteiger partial charge < -0.3 is 5.32 Å². The highest BCUT2D eigenvalue weighted by molar-refractivity contribution is 7.91. The largest absolute Gasteiger partial charge is 0.352 e. The van der Waals surface area contributed by atoms with Crippen LogP contribution in [0, 0.1) is 5.92 Å². The van der Waals surface area contributed by atoms with Crippen LogP contribution in [0.1, 0.15) is 25.7 Å². The molecule has 2 aliphatic rings. The second-order valence-corrected chi connectivity index (χ2v) is 6.82. The second-order valence-electron chi connectivity index (χ2n) is 4.59. The lowest BCUT2D eigenvalue weighted by atomic mass is 9.93. The fraction of sp³-hybridized carbons (Fsp3) is 0.727. The van der Waals surface area contributed by atoms with Gasteiger partial charge in [0.2, 0.25) is 5.91 Å². The van der Waals surface area contributed by atoms with Gasteiger partial charge in [0.15, 0.2) is 9.84 Å². The van der Waals surface area contributed by atoms with E-state index in [0.717, 1.165) is 19.3 Å². The average molecular weight is 243 g/mol. The van der Waals surface area contributed by atoms with Crippen molar-refractivity contribution in [1.82, 2.24) is 5.32 Å². The fourth-order valence-corrected chi connectivity index (χ4v) is 3.93. The van der Waals surface area contributed by atoms with E-state index in [0.29, 0.717) is 6.42 Å². The van der Waals surface area contributed by atoms with Gasteiger partial charge in [-0.05, 0) is 25.7 Å². The quantitative estimate of drug-likeness (QED) is 0.724. The molecule has 1 fully saturated rings. The summed E-state index contributed by atoms with van der Waals surface area (Å²) in [6, 6.07) is -0.164. The van der Waals surface area contributed by atoms with Crippen molar-refractivity contribution in [1.29, 1.82) is 0 Å². The number of nitrogens with one attached hydrogen (secondary N) is 1. The third-order valence-corrected chi connectivity index (χ3v) is 4.99. The van der Waals surface area contributed by atoms with E-state index in [9.17, 15) is 13.2 Å². The van der Waals surface area contributed by atoms with Gasteiger partial charge >= 0.3 is 0 Å². The summed E-state index contributed by atoms with van der Waals surface area (Å²) >= 11 is 0. The van der Waals surface area contributed by atoms with Gasteiger partial charge in [-0.3, -0.25) is 4.79 Å². The maximum absolute atomic E-state index is 11.8. The van der Waals surface area contributed by atoms with Crippen molar-refractivity contribution in [3.05, 3.63) is 12.2 Å². The lowest BCUT2D eigenvalue weighted by molar-refractivity contribution is -0.125. The summed E-state index contributed by atoms with van der Waals surface area (Å²) in [5, 5.41) is 2.85. The van der Waals surface area contributed by atoms with Gasteiger partial charge in [-0.2, -0.15) is 0 Å². The Labute approximate surface area is 96.0 Å². The van der Waals surface area contributed by atoms with E-state index >= 15 is 0 Å². The van der Waals surface area contributed by atoms with Crippen LogP contribution in [0.2, 0.25) is 0 Å². The van der Waals surface area contributed by atoms with Crippen LogP contribution in [0.4, 0.5) is 0 Å². The summed E-state index contributed by atoms with van der Waals surface area (Å²) in [4.78, 5) is 11.8. The molecule has 2 atom stereocenters. The van der Waals surface area contributed by atoms with Gasteiger partial charge in [-0.25, -0.2) is 8.42 Å². The molecule has 0 aromatic carbocycles. The van der Waals surface area contributed by atoms with Gasteiger partial charge in [-0.1, -0.05) is 12.2 Å². The van der Waals surface area contributed by atoms with Crippen molar-refractivity contribution < 1.29 is 13.2 Å². The molecule has 1 aliphatic heterocycles. The van der Waals surface area contributed by atoms with Gasteiger partial charge in [0.05, 0.1) is 11.5 Å². The first-order valence-corrected chi connectivity index (χ1v) is 7.55. The minimum Gasteiger partial charge on any atom is -0.352 e. The zero-order valence-electron chi connectivity index (χ0n) is 9.19. The van der Waals surface area contributed by atoms with Crippen molar-refractivity contribution in [2.45, 2.75) is 31.7 Å². The predicted octanol–water partition coefficient (Wildman–Crippen LogP) is 0.646. The first-order chi connectivity index (χ1) is 7.57. The van der Waals surface area contributed by atoms with Gasteiger partial charge in [0.25, 0.3) is 0 Å². The summed E-state index contributed by atoms with van der Waals surface area (Å²) < 4.78 is 22.5. The van der Waals surface area contributed by atoms with E-state index < -0.39 is 9.84 Å². The number of allylic oxidation sites excluding steroid dienone is 2. The summed E-state index contributed by atoms with van der Waals surface area (Å²) in [5.74, 6) is 0.379.